The molecular formula is C15H25N3OS. The fraction of sp³-hybridized carbons (Fsp3) is 0.733. The van der Waals surface area contributed by atoms with Crippen molar-refractivity contribution >= 4 is 17.2 Å². The quantitative estimate of drug-likeness (QED) is 0.931. The largest absolute Gasteiger partial charge is 0.337 e. The van der Waals surface area contributed by atoms with E-state index in [1.54, 1.807) is 0 Å². The Bertz CT molecular complexity index is 471. The van der Waals surface area contributed by atoms with Crippen LogP contribution in [0.4, 0.5) is 0 Å². The third kappa shape index (κ3) is 3.38. The van der Waals surface area contributed by atoms with Gasteiger partial charge in [0.1, 0.15) is 10.7 Å². The molecule has 1 heterocycles. The molecule has 0 spiro atoms. The Labute approximate surface area is 125 Å². The summed E-state index contributed by atoms with van der Waals surface area (Å²) in [6.45, 7) is 6.50. The maximum atomic E-state index is 12.5. The van der Waals surface area contributed by atoms with Crippen LogP contribution in [0.1, 0.15) is 68.0 Å². The summed E-state index contributed by atoms with van der Waals surface area (Å²) in [6.07, 6.45) is 4.52. The first-order chi connectivity index (χ1) is 9.30. The highest BCUT2D eigenvalue weighted by Gasteiger charge is 2.31. The monoisotopic (exact) mass is 295 g/mol. The molecule has 1 unspecified atom stereocenters. The molecule has 0 aliphatic heterocycles. The van der Waals surface area contributed by atoms with E-state index in [2.05, 4.69) is 18.8 Å². The standard InChI is InChI=1S/C15H25N3OS/c1-10(16)13-17-12(9-20-13)14(19)18(4)11-5-7-15(2,3)8-6-11/h9-11H,5-8,16H2,1-4H3. The molecule has 0 aromatic carbocycles. The number of hydrogen-bond donors (Lipinski definition) is 1. The number of hydrogen-bond acceptors (Lipinski definition) is 4. The molecule has 1 aromatic heterocycles. The van der Waals surface area contributed by atoms with E-state index in [-0.39, 0.29) is 11.9 Å². The SMILES string of the molecule is CC(N)c1nc(C(=O)N(C)C2CCC(C)(C)CC2)cs1. The van der Waals surface area contributed by atoms with Crippen molar-refractivity contribution in [3.63, 3.8) is 0 Å². The van der Waals surface area contributed by atoms with Crippen molar-refractivity contribution in [1.82, 2.24) is 9.88 Å². The molecule has 1 aliphatic carbocycles. The lowest BCUT2D eigenvalue weighted by Gasteiger charge is -2.38. The van der Waals surface area contributed by atoms with Gasteiger partial charge in [-0.1, -0.05) is 13.8 Å². The van der Waals surface area contributed by atoms with Gasteiger partial charge in [-0.25, -0.2) is 4.98 Å². The van der Waals surface area contributed by atoms with Crippen molar-refractivity contribution in [1.29, 1.82) is 0 Å². The number of thiazole rings is 1. The van der Waals surface area contributed by atoms with Crippen molar-refractivity contribution in [3.8, 4) is 0 Å². The maximum Gasteiger partial charge on any atom is 0.273 e. The number of nitrogens with zero attached hydrogens (tertiary/aromatic N) is 2. The molecule has 4 nitrogen and oxygen atoms in total. The molecule has 1 fully saturated rings. The van der Waals surface area contributed by atoms with Gasteiger partial charge in [0.15, 0.2) is 0 Å². The second kappa shape index (κ2) is 5.82. The molecule has 1 saturated carbocycles. The van der Waals surface area contributed by atoms with E-state index in [1.165, 1.54) is 24.2 Å². The lowest BCUT2D eigenvalue weighted by atomic mass is 9.75. The predicted octanol–water partition coefficient (Wildman–Crippen LogP) is 3.20. The molecular weight excluding hydrogens is 270 g/mol. The Morgan fingerprint density at radius 2 is 2.10 bits per heavy atom. The van der Waals surface area contributed by atoms with Crippen LogP contribution in [-0.2, 0) is 0 Å². The normalized spacial score (nSPS) is 20.6. The molecule has 112 valence electrons. The third-order valence-corrected chi connectivity index (χ3v) is 5.35. The minimum atomic E-state index is -0.109. The lowest BCUT2D eigenvalue weighted by molar-refractivity contribution is 0.0630. The van der Waals surface area contributed by atoms with Crippen LogP contribution in [0.2, 0.25) is 0 Å². The van der Waals surface area contributed by atoms with Gasteiger partial charge in [0.2, 0.25) is 0 Å². The van der Waals surface area contributed by atoms with Crippen LogP contribution in [-0.4, -0.2) is 28.9 Å². The van der Waals surface area contributed by atoms with Crippen LogP contribution >= 0.6 is 11.3 Å². The molecule has 0 radical (unpaired) electrons. The summed E-state index contributed by atoms with van der Waals surface area (Å²) >= 11 is 1.47. The van der Waals surface area contributed by atoms with Crippen LogP contribution in [0.25, 0.3) is 0 Å². The van der Waals surface area contributed by atoms with Gasteiger partial charge < -0.3 is 10.6 Å². The smallest absolute Gasteiger partial charge is 0.273 e. The lowest BCUT2D eigenvalue weighted by Crippen LogP contribution is -2.41. The zero-order valence-corrected chi connectivity index (χ0v) is 13.7. The molecule has 1 atom stereocenters. The fourth-order valence-corrected chi connectivity index (χ4v) is 3.46. The molecule has 20 heavy (non-hydrogen) atoms. The van der Waals surface area contributed by atoms with Crippen molar-refractivity contribution in [2.75, 3.05) is 7.05 Å². The van der Waals surface area contributed by atoms with Gasteiger partial charge in [0, 0.05) is 18.5 Å². The second-order valence-corrected chi connectivity index (χ2v) is 7.56. The highest BCUT2D eigenvalue weighted by atomic mass is 32.1. The maximum absolute atomic E-state index is 12.5. The molecule has 1 aliphatic rings. The van der Waals surface area contributed by atoms with Gasteiger partial charge >= 0.3 is 0 Å². The first-order valence-electron chi connectivity index (χ1n) is 7.28. The van der Waals surface area contributed by atoms with Gasteiger partial charge in [-0.05, 0) is 38.0 Å². The van der Waals surface area contributed by atoms with Crippen LogP contribution in [0.5, 0.6) is 0 Å². The molecule has 2 rings (SSSR count). The highest BCUT2D eigenvalue weighted by molar-refractivity contribution is 7.09. The summed E-state index contributed by atoms with van der Waals surface area (Å²) in [5.41, 5.74) is 6.76. The Balaban J connectivity index is 2.01. The van der Waals surface area contributed by atoms with Gasteiger partial charge in [-0.2, -0.15) is 0 Å². The Morgan fingerprint density at radius 1 is 1.50 bits per heavy atom. The number of carbonyl (C=O) groups excluding carboxylic acids is 1. The summed E-state index contributed by atoms with van der Waals surface area (Å²) in [4.78, 5) is 18.7. The summed E-state index contributed by atoms with van der Waals surface area (Å²) in [5, 5.41) is 2.65. The molecule has 1 aromatic rings. The third-order valence-electron chi connectivity index (χ3n) is 4.31. The number of rotatable bonds is 3. The minimum Gasteiger partial charge on any atom is -0.337 e. The van der Waals surface area contributed by atoms with E-state index in [0.717, 1.165) is 17.8 Å². The van der Waals surface area contributed by atoms with E-state index in [0.29, 0.717) is 17.2 Å². The Hall–Kier alpha value is -0.940. The van der Waals surface area contributed by atoms with Crippen LogP contribution < -0.4 is 5.73 Å². The summed E-state index contributed by atoms with van der Waals surface area (Å²) in [6, 6.07) is 0.235. The summed E-state index contributed by atoms with van der Waals surface area (Å²) < 4.78 is 0. The number of carbonyl (C=O) groups is 1. The summed E-state index contributed by atoms with van der Waals surface area (Å²) in [7, 11) is 1.90. The molecule has 0 bridgehead atoms. The minimum absolute atomic E-state index is 0.0258. The molecule has 0 saturated heterocycles. The molecule has 2 N–H and O–H groups in total. The van der Waals surface area contributed by atoms with Crippen LogP contribution in [0, 0.1) is 5.41 Å². The number of nitrogens with two attached hydrogens (primary N) is 1. The fourth-order valence-electron chi connectivity index (χ4n) is 2.71. The predicted molar refractivity (Wildman–Crippen MR) is 82.8 cm³/mol. The second-order valence-electron chi connectivity index (χ2n) is 6.67. The number of amides is 1. The average molecular weight is 295 g/mol. The van der Waals surface area contributed by atoms with Crippen molar-refractivity contribution in [2.24, 2.45) is 11.1 Å². The van der Waals surface area contributed by atoms with Crippen LogP contribution in [0.15, 0.2) is 5.38 Å². The molecule has 5 heteroatoms. The average Bonchev–Trinajstić information content (AvgIpc) is 2.86. The first-order valence-corrected chi connectivity index (χ1v) is 8.16. The molecule has 1 amide bonds. The highest BCUT2D eigenvalue weighted by Crippen LogP contribution is 2.36. The van der Waals surface area contributed by atoms with Crippen molar-refractivity contribution in [2.45, 2.75) is 58.5 Å². The van der Waals surface area contributed by atoms with E-state index in [1.807, 2.05) is 24.3 Å². The van der Waals surface area contributed by atoms with Gasteiger partial charge in [0.25, 0.3) is 5.91 Å². The Morgan fingerprint density at radius 3 is 2.60 bits per heavy atom. The first kappa shape index (κ1) is 15.4. The summed E-state index contributed by atoms with van der Waals surface area (Å²) in [5.74, 6) is 0.0258. The zero-order chi connectivity index (χ0) is 14.9. The van der Waals surface area contributed by atoms with Gasteiger partial charge in [0.05, 0.1) is 6.04 Å². The van der Waals surface area contributed by atoms with E-state index in [4.69, 9.17) is 5.73 Å². The topological polar surface area (TPSA) is 59.2 Å². The van der Waals surface area contributed by atoms with Crippen molar-refractivity contribution in [3.05, 3.63) is 16.1 Å². The van der Waals surface area contributed by atoms with E-state index < -0.39 is 0 Å². The Kier molecular flexibility index (Phi) is 4.49. The number of aromatic nitrogens is 1. The van der Waals surface area contributed by atoms with Gasteiger partial charge in [-0.15, -0.1) is 11.3 Å². The van der Waals surface area contributed by atoms with E-state index in [9.17, 15) is 4.79 Å². The van der Waals surface area contributed by atoms with Gasteiger partial charge in [-0.3, -0.25) is 4.79 Å². The van der Waals surface area contributed by atoms with Crippen LogP contribution in [0.3, 0.4) is 0 Å². The van der Waals surface area contributed by atoms with E-state index >= 15 is 0 Å². The zero-order valence-electron chi connectivity index (χ0n) is 12.8. The van der Waals surface area contributed by atoms with Crippen molar-refractivity contribution < 1.29 is 4.79 Å².